The fraction of sp³-hybridized carbons (Fsp3) is 0.444. The number of benzene rings is 1. The van der Waals surface area contributed by atoms with Crippen LogP contribution in [0, 0.1) is 12.8 Å². The van der Waals surface area contributed by atoms with Gasteiger partial charge in [0.05, 0.1) is 18.5 Å². The molecule has 0 unspecified atom stereocenters. The Bertz CT molecular complexity index is 673. The second kappa shape index (κ2) is 7.59. The van der Waals surface area contributed by atoms with Gasteiger partial charge in [-0.25, -0.2) is 4.68 Å². The monoisotopic (exact) mass is 328 g/mol. The van der Waals surface area contributed by atoms with E-state index < -0.39 is 0 Å². The molecular weight excluding hydrogens is 304 g/mol. The molecule has 3 rings (SSSR count). The third-order valence-corrected chi connectivity index (χ3v) is 4.44. The molecule has 2 aromatic rings. The highest BCUT2D eigenvalue weighted by Crippen LogP contribution is 2.21. The summed E-state index contributed by atoms with van der Waals surface area (Å²) in [6.07, 6.45) is 4.49. The van der Waals surface area contributed by atoms with Gasteiger partial charge in [-0.2, -0.15) is 10.2 Å². The summed E-state index contributed by atoms with van der Waals surface area (Å²) in [7, 11) is 1.70. The van der Waals surface area contributed by atoms with Crippen LogP contribution in [0.2, 0.25) is 0 Å². The Kier molecular flexibility index (Phi) is 5.27. The predicted molar refractivity (Wildman–Crippen MR) is 92.9 cm³/mol. The minimum absolute atomic E-state index is 0.0774. The zero-order valence-corrected chi connectivity index (χ0v) is 14.2. The Morgan fingerprint density at radius 3 is 2.54 bits per heavy atom. The lowest BCUT2D eigenvalue weighted by Crippen LogP contribution is -2.34. The highest BCUT2D eigenvalue weighted by molar-refractivity contribution is 5.90. The molecule has 1 aliphatic heterocycles. The number of hydrogen-bond donors (Lipinski definition) is 1. The van der Waals surface area contributed by atoms with Gasteiger partial charge in [0.2, 0.25) is 5.91 Å². The van der Waals surface area contributed by atoms with Gasteiger partial charge in [-0.15, -0.1) is 0 Å². The summed E-state index contributed by atoms with van der Waals surface area (Å²) in [5.74, 6) is 0.510. The van der Waals surface area contributed by atoms with Crippen LogP contribution in [0.1, 0.15) is 25.0 Å². The minimum atomic E-state index is 0.0774. The lowest BCUT2D eigenvalue weighted by atomic mass is 9.94. The van der Waals surface area contributed by atoms with Crippen molar-refractivity contribution in [2.45, 2.75) is 26.2 Å². The number of hydrogen-bond acceptors (Lipinski definition) is 4. The van der Waals surface area contributed by atoms with Gasteiger partial charge in [-0.1, -0.05) is 0 Å². The van der Waals surface area contributed by atoms with E-state index in [4.69, 9.17) is 4.84 Å². The minimum Gasteiger partial charge on any atom is -0.326 e. The van der Waals surface area contributed by atoms with Crippen LogP contribution in [-0.2, 0) is 9.63 Å². The first-order chi connectivity index (χ1) is 11.6. The van der Waals surface area contributed by atoms with Crippen LogP contribution in [-0.4, -0.2) is 41.0 Å². The zero-order valence-electron chi connectivity index (χ0n) is 14.2. The number of hydroxylamine groups is 2. The van der Waals surface area contributed by atoms with E-state index in [1.807, 2.05) is 53.2 Å². The van der Waals surface area contributed by atoms with Gasteiger partial charge in [-0.05, 0) is 56.0 Å². The van der Waals surface area contributed by atoms with Crippen molar-refractivity contribution in [1.29, 1.82) is 0 Å². The molecule has 24 heavy (non-hydrogen) atoms. The van der Waals surface area contributed by atoms with Crippen LogP contribution >= 0.6 is 0 Å². The van der Waals surface area contributed by atoms with Crippen molar-refractivity contribution in [3.63, 3.8) is 0 Å². The zero-order chi connectivity index (χ0) is 16.9. The number of nitrogens with zero attached hydrogens (tertiary/aromatic N) is 3. The molecular formula is C18H24N4O2. The Morgan fingerprint density at radius 1 is 1.25 bits per heavy atom. The van der Waals surface area contributed by atoms with Crippen LogP contribution in [0.5, 0.6) is 0 Å². The maximum Gasteiger partial charge on any atom is 0.224 e. The van der Waals surface area contributed by atoms with E-state index in [0.717, 1.165) is 43.0 Å². The highest BCUT2D eigenvalue weighted by atomic mass is 16.7. The van der Waals surface area contributed by atoms with Crippen molar-refractivity contribution in [2.75, 3.05) is 25.5 Å². The van der Waals surface area contributed by atoms with E-state index in [-0.39, 0.29) is 5.91 Å². The predicted octanol–water partition coefficient (Wildman–Crippen LogP) is 2.78. The third-order valence-electron chi connectivity index (χ3n) is 4.44. The van der Waals surface area contributed by atoms with E-state index in [1.165, 1.54) is 0 Å². The summed E-state index contributed by atoms with van der Waals surface area (Å²) in [6, 6.07) is 9.71. The molecule has 128 valence electrons. The van der Waals surface area contributed by atoms with Gasteiger partial charge in [0, 0.05) is 31.4 Å². The van der Waals surface area contributed by atoms with Crippen LogP contribution in [0.3, 0.4) is 0 Å². The van der Waals surface area contributed by atoms with E-state index in [9.17, 15) is 4.79 Å². The third kappa shape index (κ3) is 4.21. The number of nitrogens with one attached hydrogen (secondary N) is 1. The molecule has 6 heteroatoms. The molecule has 1 fully saturated rings. The van der Waals surface area contributed by atoms with Crippen molar-refractivity contribution in [2.24, 2.45) is 5.92 Å². The summed E-state index contributed by atoms with van der Waals surface area (Å²) >= 11 is 0. The Hall–Kier alpha value is -2.18. The molecule has 1 aromatic carbocycles. The fourth-order valence-corrected chi connectivity index (χ4v) is 3.03. The van der Waals surface area contributed by atoms with Gasteiger partial charge in [0.1, 0.15) is 0 Å². The highest BCUT2D eigenvalue weighted by Gasteiger charge is 2.21. The average molecular weight is 328 g/mol. The summed E-state index contributed by atoms with van der Waals surface area (Å²) < 4.78 is 1.82. The van der Waals surface area contributed by atoms with Crippen molar-refractivity contribution < 1.29 is 9.63 Å². The lowest BCUT2D eigenvalue weighted by molar-refractivity contribution is -0.149. The summed E-state index contributed by atoms with van der Waals surface area (Å²) in [4.78, 5) is 17.4. The molecule has 2 heterocycles. The van der Waals surface area contributed by atoms with E-state index in [0.29, 0.717) is 12.3 Å². The molecule has 1 aliphatic rings. The molecule has 0 bridgehead atoms. The first kappa shape index (κ1) is 16.7. The lowest BCUT2D eigenvalue weighted by Gasteiger charge is -2.29. The fourth-order valence-electron chi connectivity index (χ4n) is 3.03. The summed E-state index contributed by atoms with van der Waals surface area (Å²) in [6.45, 7) is 3.75. The molecule has 0 atom stereocenters. The molecule has 0 radical (unpaired) electrons. The van der Waals surface area contributed by atoms with Gasteiger partial charge in [0.15, 0.2) is 0 Å². The van der Waals surface area contributed by atoms with Crippen LogP contribution in [0.4, 0.5) is 5.69 Å². The second-order valence-electron chi connectivity index (χ2n) is 6.26. The quantitative estimate of drug-likeness (QED) is 0.917. The number of carbonyl (C=O) groups excluding carboxylic acids is 1. The standard InChI is InChI=1S/C18H24N4O2/c1-14-7-12-22(20-14)17-5-3-16(4-6-17)19-18(23)13-15-8-10-21(24-2)11-9-15/h3-7,12,15H,8-11,13H2,1-2H3,(H,19,23). The molecule has 1 saturated heterocycles. The maximum atomic E-state index is 12.2. The molecule has 0 spiro atoms. The number of piperidine rings is 1. The van der Waals surface area contributed by atoms with Gasteiger partial charge >= 0.3 is 0 Å². The van der Waals surface area contributed by atoms with Crippen LogP contribution < -0.4 is 5.32 Å². The van der Waals surface area contributed by atoms with Crippen LogP contribution in [0.15, 0.2) is 36.5 Å². The van der Waals surface area contributed by atoms with Crippen molar-refractivity contribution >= 4 is 11.6 Å². The normalized spacial score (nSPS) is 16.2. The molecule has 0 aliphatic carbocycles. The number of rotatable bonds is 5. The smallest absolute Gasteiger partial charge is 0.224 e. The first-order valence-corrected chi connectivity index (χ1v) is 8.35. The second-order valence-corrected chi connectivity index (χ2v) is 6.26. The topological polar surface area (TPSA) is 59.4 Å². The molecule has 1 N–H and O–H groups in total. The van der Waals surface area contributed by atoms with Gasteiger partial charge < -0.3 is 10.2 Å². The Labute approximate surface area is 142 Å². The molecule has 6 nitrogen and oxygen atoms in total. The SMILES string of the molecule is CON1CCC(CC(=O)Nc2ccc(-n3ccc(C)n3)cc2)CC1. The van der Waals surface area contributed by atoms with Crippen molar-refractivity contribution in [1.82, 2.24) is 14.8 Å². The Morgan fingerprint density at radius 2 is 1.96 bits per heavy atom. The average Bonchev–Trinajstić information content (AvgIpc) is 3.02. The number of anilines is 1. The Balaban J connectivity index is 1.51. The van der Waals surface area contributed by atoms with Crippen molar-refractivity contribution in [3.8, 4) is 5.69 Å². The van der Waals surface area contributed by atoms with E-state index >= 15 is 0 Å². The molecule has 1 amide bonds. The van der Waals surface area contributed by atoms with E-state index in [2.05, 4.69) is 10.4 Å². The first-order valence-electron chi connectivity index (χ1n) is 8.35. The van der Waals surface area contributed by atoms with Crippen molar-refractivity contribution in [3.05, 3.63) is 42.2 Å². The maximum absolute atomic E-state index is 12.2. The number of aryl methyl sites for hydroxylation is 1. The largest absolute Gasteiger partial charge is 0.326 e. The van der Waals surface area contributed by atoms with Gasteiger partial charge in [0.25, 0.3) is 0 Å². The molecule has 0 saturated carbocycles. The number of carbonyl (C=O) groups is 1. The number of amides is 1. The summed E-state index contributed by atoms with van der Waals surface area (Å²) in [5.41, 5.74) is 2.78. The van der Waals surface area contributed by atoms with E-state index in [1.54, 1.807) is 7.11 Å². The summed E-state index contributed by atoms with van der Waals surface area (Å²) in [5, 5.41) is 9.31. The van der Waals surface area contributed by atoms with Gasteiger partial charge in [-0.3, -0.25) is 4.79 Å². The number of aromatic nitrogens is 2. The molecule has 1 aromatic heterocycles. The van der Waals surface area contributed by atoms with Crippen LogP contribution in [0.25, 0.3) is 5.69 Å².